The third kappa shape index (κ3) is 1.13. The van der Waals surface area contributed by atoms with Crippen LogP contribution in [0.4, 0.5) is 0 Å². The highest BCUT2D eigenvalue weighted by atomic mass is 14.7. The minimum atomic E-state index is 1.20. The number of pyridine rings is 1. The van der Waals surface area contributed by atoms with Crippen LogP contribution in [-0.4, -0.2) is 4.98 Å². The Bertz CT molecular complexity index is 302. The van der Waals surface area contributed by atoms with Crippen molar-refractivity contribution in [3.63, 3.8) is 0 Å². The highest BCUT2D eigenvalue weighted by molar-refractivity contribution is 5.36. The maximum atomic E-state index is 4.39. The van der Waals surface area contributed by atoms with E-state index in [1.165, 1.54) is 42.5 Å². The Hall–Kier alpha value is -0.850. The molecule has 64 valence electrons. The molecule has 0 radical (unpaired) electrons. The lowest BCUT2D eigenvalue weighted by molar-refractivity contribution is 0.676. The van der Waals surface area contributed by atoms with E-state index in [0.29, 0.717) is 0 Å². The van der Waals surface area contributed by atoms with Crippen molar-refractivity contribution in [2.75, 3.05) is 0 Å². The second kappa shape index (κ2) is 2.89. The molecule has 1 aromatic heterocycles. The Morgan fingerprint density at radius 1 is 1.17 bits per heavy atom. The van der Waals surface area contributed by atoms with Crippen molar-refractivity contribution in [1.29, 1.82) is 0 Å². The molecule has 0 aliphatic heterocycles. The molecular weight excluding hydrogens is 146 g/mol. The second-order valence-corrected chi connectivity index (χ2v) is 3.68. The predicted molar refractivity (Wildman–Crippen MR) is 50.4 cm³/mol. The molecule has 0 amide bonds. The third-order valence-electron chi connectivity index (χ3n) is 2.92. The van der Waals surface area contributed by atoms with E-state index in [-0.39, 0.29) is 0 Å². The molecule has 1 aromatic rings. The van der Waals surface area contributed by atoms with E-state index in [2.05, 4.69) is 25.0 Å². The summed E-state index contributed by atoms with van der Waals surface area (Å²) in [5, 5.41) is 0. The van der Waals surface area contributed by atoms with Crippen LogP contribution >= 0.6 is 0 Å². The van der Waals surface area contributed by atoms with Gasteiger partial charge in [-0.2, -0.15) is 0 Å². The van der Waals surface area contributed by atoms with E-state index in [4.69, 9.17) is 0 Å². The number of fused-ring (bicyclic) bond motifs is 1. The molecule has 0 bridgehead atoms. The molecule has 1 aliphatic carbocycles. The first kappa shape index (κ1) is 7.78. The standard InChI is InChI=1S/C11H15N/c1-8-9(2)12-7-10-5-3-4-6-11(8)10/h7H,3-6H2,1-2H3. The van der Waals surface area contributed by atoms with Crippen molar-refractivity contribution in [3.8, 4) is 0 Å². The molecule has 0 atom stereocenters. The summed E-state index contributed by atoms with van der Waals surface area (Å²) in [6.07, 6.45) is 7.28. The highest BCUT2D eigenvalue weighted by Gasteiger charge is 2.12. The number of nitrogens with zero attached hydrogens (tertiary/aromatic N) is 1. The van der Waals surface area contributed by atoms with Crippen LogP contribution in [0.1, 0.15) is 35.2 Å². The summed E-state index contributed by atoms with van der Waals surface area (Å²) in [5.74, 6) is 0. The van der Waals surface area contributed by atoms with Crippen molar-refractivity contribution in [3.05, 3.63) is 28.6 Å². The molecule has 2 rings (SSSR count). The van der Waals surface area contributed by atoms with Gasteiger partial charge in [-0.3, -0.25) is 4.98 Å². The van der Waals surface area contributed by atoms with Gasteiger partial charge in [-0.25, -0.2) is 0 Å². The summed E-state index contributed by atoms with van der Waals surface area (Å²) in [5.41, 5.74) is 5.70. The molecule has 0 saturated carbocycles. The quantitative estimate of drug-likeness (QED) is 0.570. The van der Waals surface area contributed by atoms with Gasteiger partial charge in [-0.1, -0.05) is 0 Å². The first-order valence-electron chi connectivity index (χ1n) is 4.73. The molecule has 0 N–H and O–H groups in total. The van der Waals surface area contributed by atoms with E-state index >= 15 is 0 Å². The van der Waals surface area contributed by atoms with Crippen molar-refractivity contribution in [2.24, 2.45) is 0 Å². The van der Waals surface area contributed by atoms with Gasteiger partial charge in [0.2, 0.25) is 0 Å². The molecule has 0 aromatic carbocycles. The zero-order valence-corrected chi connectivity index (χ0v) is 7.85. The predicted octanol–water partition coefficient (Wildman–Crippen LogP) is 2.58. The van der Waals surface area contributed by atoms with Gasteiger partial charge in [0.25, 0.3) is 0 Å². The van der Waals surface area contributed by atoms with E-state index in [0.717, 1.165) is 0 Å². The smallest absolute Gasteiger partial charge is 0.0404 e. The fourth-order valence-corrected chi connectivity index (χ4v) is 1.99. The van der Waals surface area contributed by atoms with Crippen molar-refractivity contribution in [1.82, 2.24) is 4.98 Å². The largest absolute Gasteiger partial charge is 0.261 e. The SMILES string of the molecule is Cc1ncc2c(c1C)CCCC2. The minimum Gasteiger partial charge on any atom is -0.261 e. The normalized spacial score (nSPS) is 15.8. The summed E-state index contributed by atoms with van der Waals surface area (Å²) in [6.45, 7) is 4.30. The number of rotatable bonds is 0. The maximum Gasteiger partial charge on any atom is 0.0404 e. The molecule has 1 nitrogen and oxygen atoms in total. The lowest BCUT2D eigenvalue weighted by Crippen LogP contribution is -2.07. The van der Waals surface area contributed by atoms with Crippen LogP contribution in [-0.2, 0) is 12.8 Å². The van der Waals surface area contributed by atoms with Gasteiger partial charge in [0.15, 0.2) is 0 Å². The average Bonchev–Trinajstić information content (AvgIpc) is 2.12. The molecule has 0 fully saturated rings. The molecule has 1 aliphatic rings. The average molecular weight is 161 g/mol. The molecule has 12 heavy (non-hydrogen) atoms. The van der Waals surface area contributed by atoms with Crippen LogP contribution in [0.25, 0.3) is 0 Å². The molecule has 0 saturated heterocycles. The monoisotopic (exact) mass is 161 g/mol. The van der Waals surface area contributed by atoms with E-state index in [9.17, 15) is 0 Å². The van der Waals surface area contributed by atoms with Crippen LogP contribution in [0.3, 0.4) is 0 Å². The molecule has 0 spiro atoms. The Morgan fingerprint density at radius 3 is 2.75 bits per heavy atom. The summed E-state index contributed by atoms with van der Waals surface area (Å²) >= 11 is 0. The fourth-order valence-electron chi connectivity index (χ4n) is 1.99. The summed E-state index contributed by atoms with van der Waals surface area (Å²) < 4.78 is 0. The Balaban J connectivity index is 2.54. The van der Waals surface area contributed by atoms with Crippen LogP contribution in [0.15, 0.2) is 6.20 Å². The van der Waals surface area contributed by atoms with Crippen LogP contribution < -0.4 is 0 Å². The second-order valence-electron chi connectivity index (χ2n) is 3.68. The zero-order chi connectivity index (χ0) is 8.55. The van der Waals surface area contributed by atoms with Gasteiger partial charge in [-0.05, 0) is 56.2 Å². The highest BCUT2D eigenvalue weighted by Crippen LogP contribution is 2.24. The first-order valence-corrected chi connectivity index (χ1v) is 4.73. The van der Waals surface area contributed by atoms with Gasteiger partial charge >= 0.3 is 0 Å². The summed E-state index contributed by atoms with van der Waals surface area (Å²) in [4.78, 5) is 4.39. The van der Waals surface area contributed by atoms with Gasteiger partial charge in [0.05, 0.1) is 0 Å². The first-order chi connectivity index (χ1) is 5.79. The fraction of sp³-hybridized carbons (Fsp3) is 0.545. The van der Waals surface area contributed by atoms with Crippen LogP contribution in [0, 0.1) is 13.8 Å². The summed E-state index contributed by atoms with van der Waals surface area (Å²) in [7, 11) is 0. The van der Waals surface area contributed by atoms with Gasteiger partial charge in [0, 0.05) is 11.9 Å². The number of aromatic nitrogens is 1. The lowest BCUT2D eigenvalue weighted by atomic mass is 9.89. The van der Waals surface area contributed by atoms with Crippen LogP contribution in [0.5, 0.6) is 0 Å². The van der Waals surface area contributed by atoms with Crippen molar-refractivity contribution in [2.45, 2.75) is 39.5 Å². The number of hydrogen-bond acceptors (Lipinski definition) is 1. The Labute approximate surface area is 73.8 Å². The third-order valence-corrected chi connectivity index (χ3v) is 2.92. The van der Waals surface area contributed by atoms with Gasteiger partial charge in [0.1, 0.15) is 0 Å². The topological polar surface area (TPSA) is 12.9 Å². The Morgan fingerprint density at radius 2 is 1.92 bits per heavy atom. The lowest BCUT2D eigenvalue weighted by Gasteiger charge is -2.18. The molecule has 0 unspecified atom stereocenters. The van der Waals surface area contributed by atoms with Crippen molar-refractivity contribution < 1.29 is 0 Å². The van der Waals surface area contributed by atoms with E-state index < -0.39 is 0 Å². The summed E-state index contributed by atoms with van der Waals surface area (Å²) in [6, 6.07) is 0. The van der Waals surface area contributed by atoms with Crippen LogP contribution in [0.2, 0.25) is 0 Å². The van der Waals surface area contributed by atoms with E-state index in [1.54, 1.807) is 5.56 Å². The maximum absolute atomic E-state index is 4.39. The number of hydrogen-bond donors (Lipinski definition) is 0. The Kier molecular flexibility index (Phi) is 1.87. The zero-order valence-electron chi connectivity index (χ0n) is 7.85. The molecule has 1 heteroatoms. The minimum absolute atomic E-state index is 1.20. The van der Waals surface area contributed by atoms with Gasteiger partial charge in [-0.15, -0.1) is 0 Å². The molecule has 1 heterocycles. The van der Waals surface area contributed by atoms with E-state index in [1.807, 2.05) is 0 Å². The van der Waals surface area contributed by atoms with Crippen molar-refractivity contribution >= 4 is 0 Å². The van der Waals surface area contributed by atoms with Gasteiger partial charge < -0.3 is 0 Å². The molecular formula is C11H15N. The number of aryl methyl sites for hydroxylation is 2.